The first kappa shape index (κ1) is 16.6. The number of nitrogens with one attached hydrogen (secondary N) is 1. The smallest absolute Gasteiger partial charge is 0.240 e. The molecule has 1 atom stereocenters. The number of carbonyl (C=O) groups excluding carboxylic acids is 1. The molecule has 0 bridgehead atoms. The molecular weight excluding hydrogens is 306 g/mol. The maximum absolute atomic E-state index is 12.0. The number of ether oxygens (including phenoxy) is 1. The van der Waals surface area contributed by atoms with Gasteiger partial charge in [0.05, 0.1) is 0 Å². The number of aromatic nitrogens is 4. The molecule has 7 nitrogen and oxygen atoms in total. The van der Waals surface area contributed by atoms with Crippen molar-refractivity contribution in [2.75, 3.05) is 6.61 Å². The second-order valence-corrected chi connectivity index (χ2v) is 6.33. The lowest BCUT2D eigenvalue weighted by molar-refractivity contribution is -0.121. The van der Waals surface area contributed by atoms with Crippen molar-refractivity contribution >= 4 is 5.91 Å². The molecule has 1 aliphatic rings. The van der Waals surface area contributed by atoms with E-state index in [1.165, 1.54) is 0 Å². The Morgan fingerprint density at radius 3 is 2.75 bits per heavy atom. The van der Waals surface area contributed by atoms with Gasteiger partial charge in [-0.3, -0.25) is 4.79 Å². The lowest BCUT2D eigenvalue weighted by Crippen LogP contribution is -2.32. The van der Waals surface area contributed by atoms with Crippen LogP contribution in [-0.2, 0) is 28.2 Å². The molecule has 1 saturated heterocycles. The molecule has 1 aliphatic heterocycles. The predicted molar refractivity (Wildman–Crippen MR) is 88.0 cm³/mol. The van der Waals surface area contributed by atoms with Crippen LogP contribution in [0.2, 0.25) is 0 Å². The number of hydrogen-bond acceptors (Lipinski definition) is 5. The van der Waals surface area contributed by atoms with E-state index in [1.54, 1.807) is 29.4 Å². The second kappa shape index (κ2) is 7.09. The molecule has 0 aliphatic carbocycles. The van der Waals surface area contributed by atoms with Gasteiger partial charge in [-0.1, -0.05) is 0 Å². The Labute approximate surface area is 141 Å². The summed E-state index contributed by atoms with van der Waals surface area (Å²) >= 11 is 0. The first-order chi connectivity index (χ1) is 11.6. The zero-order valence-electron chi connectivity index (χ0n) is 14.2. The van der Waals surface area contributed by atoms with Gasteiger partial charge >= 0.3 is 0 Å². The van der Waals surface area contributed by atoms with Crippen LogP contribution in [0.25, 0.3) is 0 Å². The topological polar surface area (TPSA) is 81.9 Å². The van der Waals surface area contributed by atoms with Crippen molar-refractivity contribution in [2.24, 2.45) is 0 Å². The molecule has 1 amide bonds. The van der Waals surface area contributed by atoms with Gasteiger partial charge in [0.15, 0.2) is 5.82 Å². The fraction of sp³-hybridized carbons (Fsp3) is 0.529. The summed E-state index contributed by atoms with van der Waals surface area (Å²) in [7, 11) is 0. The maximum atomic E-state index is 12.0. The average molecular weight is 329 g/mol. The van der Waals surface area contributed by atoms with E-state index in [-0.39, 0.29) is 18.1 Å². The van der Waals surface area contributed by atoms with E-state index in [9.17, 15) is 4.79 Å². The van der Waals surface area contributed by atoms with E-state index in [4.69, 9.17) is 4.74 Å². The SMILES string of the molecule is Cc1nccn1CC(=O)NCc1cnc([C@]2(C)CCCCO2)nc1. The van der Waals surface area contributed by atoms with Crippen LogP contribution in [0, 0.1) is 6.92 Å². The molecule has 24 heavy (non-hydrogen) atoms. The first-order valence-electron chi connectivity index (χ1n) is 8.27. The minimum absolute atomic E-state index is 0.0669. The van der Waals surface area contributed by atoms with Crippen LogP contribution in [0.3, 0.4) is 0 Å². The fourth-order valence-corrected chi connectivity index (χ4v) is 2.81. The van der Waals surface area contributed by atoms with Crippen molar-refractivity contribution in [2.45, 2.75) is 51.8 Å². The van der Waals surface area contributed by atoms with Gasteiger partial charge in [0.25, 0.3) is 0 Å². The standard InChI is InChI=1S/C17H23N5O2/c1-13-18-6-7-22(13)12-15(23)19-9-14-10-20-16(21-11-14)17(2)5-3-4-8-24-17/h6-7,10-11H,3-5,8-9,12H2,1-2H3,(H,19,23)/t17-/m0/s1. The summed E-state index contributed by atoms with van der Waals surface area (Å²) in [6.07, 6.45) is 10.2. The molecule has 0 aromatic carbocycles. The highest BCUT2D eigenvalue weighted by atomic mass is 16.5. The molecule has 0 spiro atoms. The molecule has 7 heteroatoms. The summed E-state index contributed by atoms with van der Waals surface area (Å²) in [6.45, 7) is 5.33. The monoisotopic (exact) mass is 329 g/mol. The number of nitrogens with zero attached hydrogens (tertiary/aromatic N) is 4. The Balaban J connectivity index is 1.54. The van der Waals surface area contributed by atoms with Gasteiger partial charge in [-0.25, -0.2) is 15.0 Å². The lowest BCUT2D eigenvalue weighted by atomic mass is 9.95. The molecule has 0 unspecified atom stereocenters. The Bertz CT molecular complexity index is 689. The van der Waals surface area contributed by atoms with E-state index >= 15 is 0 Å². The molecule has 1 fully saturated rings. The van der Waals surface area contributed by atoms with Crippen LogP contribution >= 0.6 is 0 Å². The zero-order valence-corrected chi connectivity index (χ0v) is 14.2. The maximum Gasteiger partial charge on any atom is 0.240 e. The largest absolute Gasteiger partial charge is 0.367 e. The highest BCUT2D eigenvalue weighted by Crippen LogP contribution is 2.32. The van der Waals surface area contributed by atoms with Crippen molar-refractivity contribution in [3.8, 4) is 0 Å². The van der Waals surface area contributed by atoms with Gasteiger partial charge in [0, 0.05) is 43.5 Å². The average Bonchev–Trinajstić information content (AvgIpc) is 2.99. The summed E-state index contributed by atoms with van der Waals surface area (Å²) in [5.74, 6) is 1.47. The van der Waals surface area contributed by atoms with Crippen LogP contribution < -0.4 is 5.32 Å². The Morgan fingerprint density at radius 1 is 1.33 bits per heavy atom. The summed E-state index contributed by atoms with van der Waals surface area (Å²) in [6, 6.07) is 0. The minimum atomic E-state index is -0.390. The molecule has 2 aromatic rings. The van der Waals surface area contributed by atoms with Crippen LogP contribution in [0.15, 0.2) is 24.8 Å². The van der Waals surface area contributed by atoms with E-state index in [0.29, 0.717) is 12.4 Å². The summed E-state index contributed by atoms with van der Waals surface area (Å²) in [5, 5.41) is 2.87. The quantitative estimate of drug-likeness (QED) is 0.903. The van der Waals surface area contributed by atoms with Crippen molar-refractivity contribution in [3.05, 3.63) is 42.0 Å². The predicted octanol–water partition coefficient (Wildman–Crippen LogP) is 1.71. The second-order valence-electron chi connectivity index (χ2n) is 6.33. The number of rotatable bonds is 5. The highest BCUT2D eigenvalue weighted by Gasteiger charge is 2.32. The van der Waals surface area contributed by atoms with E-state index < -0.39 is 0 Å². The van der Waals surface area contributed by atoms with Gasteiger partial charge in [-0.2, -0.15) is 0 Å². The summed E-state index contributed by atoms with van der Waals surface area (Å²) in [5.41, 5.74) is 0.479. The number of aryl methyl sites for hydroxylation is 1. The van der Waals surface area contributed by atoms with Crippen molar-refractivity contribution in [1.82, 2.24) is 24.8 Å². The Kier molecular flexibility index (Phi) is 4.89. The van der Waals surface area contributed by atoms with Crippen molar-refractivity contribution in [1.29, 1.82) is 0 Å². The van der Waals surface area contributed by atoms with E-state index in [1.807, 2.05) is 13.8 Å². The number of carbonyl (C=O) groups is 1. The Hall–Kier alpha value is -2.28. The van der Waals surface area contributed by atoms with Gasteiger partial charge in [0.1, 0.15) is 18.0 Å². The first-order valence-corrected chi connectivity index (χ1v) is 8.27. The van der Waals surface area contributed by atoms with E-state index in [0.717, 1.165) is 37.3 Å². The van der Waals surface area contributed by atoms with Crippen LogP contribution in [0.1, 0.15) is 43.4 Å². The molecule has 128 valence electrons. The van der Waals surface area contributed by atoms with E-state index in [2.05, 4.69) is 20.3 Å². The third-order valence-corrected chi connectivity index (χ3v) is 4.37. The molecule has 3 rings (SSSR count). The zero-order chi connectivity index (χ0) is 17.0. The summed E-state index contributed by atoms with van der Waals surface area (Å²) in [4.78, 5) is 25.0. The molecule has 3 heterocycles. The number of amides is 1. The van der Waals surface area contributed by atoms with Crippen LogP contribution in [-0.4, -0.2) is 32.0 Å². The molecule has 1 N–H and O–H groups in total. The van der Waals surface area contributed by atoms with Crippen LogP contribution in [0.4, 0.5) is 0 Å². The molecule has 2 aromatic heterocycles. The van der Waals surface area contributed by atoms with Gasteiger partial charge in [-0.15, -0.1) is 0 Å². The van der Waals surface area contributed by atoms with Gasteiger partial charge in [0.2, 0.25) is 5.91 Å². The number of imidazole rings is 1. The fourth-order valence-electron chi connectivity index (χ4n) is 2.81. The number of hydrogen-bond donors (Lipinski definition) is 1. The molecule has 0 radical (unpaired) electrons. The highest BCUT2D eigenvalue weighted by molar-refractivity contribution is 5.75. The third kappa shape index (κ3) is 3.79. The summed E-state index contributed by atoms with van der Waals surface area (Å²) < 4.78 is 7.66. The van der Waals surface area contributed by atoms with Gasteiger partial charge < -0.3 is 14.6 Å². The van der Waals surface area contributed by atoms with Crippen molar-refractivity contribution in [3.63, 3.8) is 0 Å². The Morgan fingerprint density at radius 2 is 2.12 bits per heavy atom. The van der Waals surface area contributed by atoms with Crippen LogP contribution in [0.5, 0.6) is 0 Å². The molecule has 0 saturated carbocycles. The third-order valence-electron chi connectivity index (χ3n) is 4.37. The van der Waals surface area contributed by atoms with Gasteiger partial charge in [-0.05, 0) is 33.1 Å². The lowest BCUT2D eigenvalue weighted by Gasteiger charge is -2.32. The van der Waals surface area contributed by atoms with Crippen molar-refractivity contribution < 1.29 is 9.53 Å². The minimum Gasteiger partial charge on any atom is -0.367 e. The normalized spacial score (nSPS) is 20.8. The molecular formula is C17H23N5O2.